The third-order valence-corrected chi connectivity index (χ3v) is 3.35. The number of furan rings is 1. The van der Waals surface area contributed by atoms with Crippen LogP contribution in [0.4, 0.5) is 5.69 Å². The predicted octanol–water partition coefficient (Wildman–Crippen LogP) is 2.75. The van der Waals surface area contributed by atoms with E-state index in [1.165, 1.54) is 6.26 Å². The summed E-state index contributed by atoms with van der Waals surface area (Å²) in [5, 5.41) is 0. The van der Waals surface area contributed by atoms with Gasteiger partial charge in [-0.2, -0.15) is 0 Å². The SMILES string of the molecule is CCc1occc1C(=O)N(C)c1ccccc1C(N)=S. The van der Waals surface area contributed by atoms with Gasteiger partial charge in [-0.25, -0.2) is 0 Å². The summed E-state index contributed by atoms with van der Waals surface area (Å²) < 4.78 is 5.30. The van der Waals surface area contributed by atoms with Crippen molar-refractivity contribution in [2.75, 3.05) is 11.9 Å². The minimum absolute atomic E-state index is 0.140. The molecule has 0 fully saturated rings. The van der Waals surface area contributed by atoms with Gasteiger partial charge in [-0.05, 0) is 18.2 Å². The maximum absolute atomic E-state index is 12.5. The second kappa shape index (κ2) is 5.88. The van der Waals surface area contributed by atoms with Crippen molar-refractivity contribution in [1.82, 2.24) is 0 Å². The van der Waals surface area contributed by atoms with E-state index in [0.29, 0.717) is 29.0 Å². The van der Waals surface area contributed by atoms with E-state index < -0.39 is 0 Å². The lowest BCUT2D eigenvalue weighted by atomic mass is 10.1. The van der Waals surface area contributed by atoms with E-state index in [1.807, 2.05) is 25.1 Å². The second-order valence-corrected chi connectivity index (χ2v) is 4.80. The molecule has 0 bridgehead atoms. The summed E-state index contributed by atoms with van der Waals surface area (Å²) in [4.78, 5) is 14.3. The standard InChI is InChI=1S/C15H16N2O2S/c1-3-13-11(8-9-19-13)15(18)17(2)12-7-5-4-6-10(12)14(16)20/h4-9H,3H2,1-2H3,(H2,16,20). The average molecular weight is 288 g/mol. The van der Waals surface area contributed by atoms with Crippen LogP contribution in [-0.2, 0) is 6.42 Å². The van der Waals surface area contributed by atoms with Crippen molar-refractivity contribution in [2.45, 2.75) is 13.3 Å². The number of nitrogens with zero attached hydrogens (tertiary/aromatic N) is 1. The Morgan fingerprint density at radius 3 is 2.65 bits per heavy atom. The van der Waals surface area contributed by atoms with Crippen LogP contribution in [0.1, 0.15) is 28.6 Å². The largest absolute Gasteiger partial charge is 0.469 e. The molecule has 0 saturated heterocycles. The van der Waals surface area contributed by atoms with Crippen LogP contribution >= 0.6 is 12.2 Å². The average Bonchev–Trinajstić information content (AvgIpc) is 2.94. The predicted molar refractivity (Wildman–Crippen MR) is 83.1 cm³/mol. The highest BCUT2D eigenvalue weighted by atomic mass is 32.1. The van der Waals surface area contributed by atoms with Crippen molar-refractivity contribution in [3.05, 3.63) is 53.5 Å². The molecule has 1 aromatic carbocycles. The summed E-state index contributed by atoms with van der Waals surface area (Å²) in [7, 11) is 1.70. The van der Waals surface area contributed by atoms with Crippen LogP contribution in [-0.4, -0.2) is 17.9 Å². The molecule has 0 atom stereocenters. The van der Waals surface area contributed by atoms with Crippen molar-refractivity contribution in [3.8, 4) is 0 Å². The van der Waals surface area contributed by atoms with Gasteiger partial charge in [0.05, 0.1) is 17.5 Å². The number of hydrogen-bond acceptors (Lipinski definition) is 3. The number of benzene rings is 1. The highest BCUT2D eigenvalue weighted by Gasteiger charge is 2.20. The third kappa shape index (κ3) is 2.58. The molecule has 0 unspecified atom stereocenters. The van der Waals surface area contributed by atoms with E-state index in [1.54, 1.807) is 24.1 Å². The number of anilines is 1. The van der Waals surface area contributed by atoms with Crippen LogP contribution in [0.15, 0.2) is 41.0 Å². The summed E-state index contributed by atoms with van der Waals surface area (Å²) in [6.07, 6.45) is 2.19. The molecule has 1 heterocycles. The first kappa shape index (κ1) is 14.3. The van der Waals surface area contributed by atoms with Gasteiger partial charge >= 0.3 is 0 Å². The van der Waals surface area contributed by atoms with Gasteiger partial charge in [0.1, 0.15) is 10.7 Å². The number of para-hydroxylation sites is 1. The molecule has 1 aromatic heterocycles. The fourth-order valence-corrected chi connectivity index (χ4v) is 2.24. The molecule has 0 spiro atoms. The Labute approximate surface area is 123 Å². The molecule has 104 valence electrons. The van der Waals surface area contributed by atoms with E-state index in [2.05, 4.69) is 0 Å². The van der Waals surface area contributed by atoms with E-state index in [4.69, 9.17) is 22.4 Å². The highest BCUT2D eigenvalue weighted by Crippen LogP contribution is 2.22. The minimum atomic E-state index is -0.140. The topological polar surface area (TPSA) is 59.5 Å². The number of nitrogens with two attached hydrogens (primary N) is 1. The van der Waals surface area contributed by atoms with Crippen LogP contribution in [0.25, 0.3) is 0 Å². The summed E-state index contributed by atoms with van der Waals surface area (Å²) in [5.74, 6) is 0.536. The fourth-order valence-electron chi connectivity index (χ4n) is 2.07. The van der Waals surface area contributed by atoms with E-state index >= 15 is 0 Å². The van der Waals surface area contributed by atoms with E-state index in [9.17, 15) is 4.79 Å². The molecule has 0 aliphatic rings. The van der Waals surface area contributed by atoms with Gasteiger partial charge in [0.15, 0.2) is 0 Å². The zero-order valence-electron chi connectivity index (χ0n) is 11.4. The second-order valence-electron chi connectivity index (χ2n) is 4.36. The zero-order chi connectivity index (χ0) is 14.7. The van der Waals surface area contributed by atoms with Gasteiger partial charge in [0, 0.05) is 19.0 Å². The molecule has 0 saturated carbocycles. The Morgan fingerprint density at radius 2 is 2.00 bits per heavy atom. The van der Waals surface area contributed by atoms with Crippen molar-refractivity contribution in [2.24, 2.45) is 5.73 Å². The summed E-state index contributed by atoms with van der Waals surface area (Å²) in [6, 6.07) is 8.99. The lowest BCUT2D eigenvalue weighted by molar-refractivity contribution is 0.0991. The highest BCUT2D eigenvalue weighted by molar-refractivity contribution is 7.80. The minimum Gasteiger partial charge on any atom is -0.469 e. The van der Waals surface area contributed by atoms with Crippen LogP contribution < -0.4 is 10.6 Å². The van der Waals surface area contributed by atoms with Crippen LogP contribution in [0.5, 0.6) is 0 Å². The Morgan fingerprint density at radius 1 is 1.30 bits per heavy atom. The number of hydrogen-bond donors (Lipinski definition) is 1. The van der Waals surface area contributed by atoms with Crippen LogP contribution in [0.3, 0.4) is 0 Å². The van der Waals surface area contributed by atoms with Gasteiger partial charge in [-0.3, -0.25) is 4.79 Å². The molecule has 5 heteroatoms. The summed E-state index contributed by atoms with van der Waals surface area (Å²) in [5.41, 5.74) is 7.63. The number of thiocarbonyl (C=S) groups is 1. The molecule has 0 aliphatic heterocycles. The number of rotatable bonds is 4. The Bertz CT molecular complexity index is 649. The van der Waals surface area contributed by atoms with Crippen molar-refractivity contribution in [3.63, 3.8) is 0 Å². The third-order valence-electron chi connectivity index (χ3n) is 3.13. The van der Waals surface area contributed by atoms with Crippen molar-refractivity contribution >= 4 is 28.8 Å². The Balaban J connectivity index is 2.39. The first-order valence-corrected chi connectivity index (χ1v) is 6.70. The summed E-state index contributed by atoms with van der Waals surface area (Å²) >= 11 is 5.03. The first-order valence-electron chi connectivity index (χ1n) is 6.29. The smallest absolute Gasteiger partial charge is 0.261 e. The van der Waals surface area contributed by atoms with Crippen molar-refractivity contribution in [1.29, 1.82) is 0 Å². The molecule has 20 heavy (non-hydrogen) atoms. The van der Waals surface area contributed by atoms with E-state index in [-0.39, 0.29) is 10.9 Å². The van der Waals surface area contributed by atoms with Gasteiger partial charge in [-0.15, -0.1) is 0 Å². The molecule has 0 aliphatic carbocycles. The van der Waals surface area contributed by atoms with Gasteiger partial charge in [0.2, 0.25) is 0 Å². The number of carbonyl (C=O) groups excluding carboxylic acids is 1. The van der Waals surface area contributed by atoms with Crippen molar-refractivity contribution < 1.29 is 9.21 Å². The van der Waals surface area contributed by atoms with Gasteiger partial charge < -0.3 is 15.1 Å². The number of aryl methyl sites for hydroxylation is 1. The first-order chi connectivity index (χ1) is 9.56. The monoisotopic (exact) mass is 288 g/mol. The summed E-state index contributed by atoms with van der Waals surface area (Å²) in [6.45, 7) is 1.94. The Kier molecular flexibility index (Phi) is 4.20. The molecule has 4 nitrogen and oxygen atoms in total. The maximum atomic E-state index is 12.5. The van der Waals surface area contributed by atoms with E-state index in [0.717, 1.165) is 0 Å². The Hall–Kier alpha value is -2.14. The molecule has 0 radical (unpaired) electrons. The molecule has 1 amide bonds. The quantitative estimate of drug-likeness (QED) is 0.879. The fraction of sp³-hybridized carbons (Fsp3) is 0.200. The maximum Gasteiger partial charge on any atom is 0.261 e. The van der Waals surface area contributed by atoms with Gasteiger partial charge in [-0.1, -0.05) is 31.3 Å². The molecular formula is C15H16N2O2S. The molecule has 2 aromatic rings. The van der Waals surface area contributed by atoms with Crippen LogP contribution in [0, 0.1) is 0 Å². The molecule has 2 rings (SSSR count). The molecule has 2 N–H and O–H groups in total. The lowest BCUT2D eigenvalue weighted by Gasteiger charge is -2.20. The normalized spacial score (nSPS) is 10.3. The van der Waals surface area contributed by atoms with Gasteiger partial charge in [0.25, 0.3) is 5.91 Å². The molecular weight excluding hydrogens is 272 g/mol. The zero-order valence-corrected chi connectivity index (χ0v) is 12.2. The number of carbonyl (C=O) groups is 1. The lowest BCUT2D eigenvalue weighted by Crippen LogP contribution is -2.29. The van der Waals surface area contributed by atoms with Crippen LogP contribution in [0.2, 0.25) is 0 Å². The number of amides is 1.